The molecule has 0 fully saturated rings. The standard InChI is InChI=1S/C13H12BrN3/c1-8-2-3-9(4-11(8)14)13-16-6-10-5-15-7-12(10)17-13/h2-4,6,15H,5,7H2,1H3. The molecule has 0 bridgehead atoms. The van der Waals surface area contributed by atoms with E-state index in [9.17, 15) is 0 Å². The van der Waals surface area contributed by atoms with E-state index in [-0.39, 0.29) is 0 Å². The van der Waals surface area contributed by atoms with Gasteiger partial charge in [0.05, 0.1) is 5.69 Å². The zero-order valence-electron chi connectivity index (χ0n) is 9.50. The van der Waals surface area contributed by atoms with E-state index < -0.39 is 0 Å². The molecule has 0 atom stereocenters. The minimum atomic E-state index is 0.799. The molecule has 1 aromatic heterocycles. The van der Waals surface area contributed by atoms with Crippen LogP contribution >= 0.6 is 15.9 Å². The minimum Gasteiger partial charge on any atom is -0.307 e. The lowest BCUT2D eigenvalue weighted by Crippen LogP contribution is -2.00. The molecule has 0 spiro atoms. The third kappa shape index (κ3) is 1.98. The van der Waals surface area contributed by atoms with Gasteiger partial charge >= 0.3 is 0 Å². The Morgan fingerprint density at radius 3 is 3.00 bits per heavy atom. The Balaban J connectivity index is 2.06. The number of hydrogen-bond donors (Lipinski definition) is 1. The highest BCUT2D eigenvalue weighted by molar-refractivity contribution is 9.10. The molecule has 3 nitrogen and oxygen atoms in total. The summed E-state index contributed by atoms with van der Waals surface area (Å²) in [5.74, 6) is 0.799. The molecule has 1 N–H and O–H groups in total. The van der Waals surface area contributed by atoms with Crippen LogP contribution in [0.5, 0.6) is 0 Å². The summed E-state index contributed by atoms with van der Waals surface area (Å²) in [5.41, 5.74) is 4.60. The van der Waals surface area contributed by atoms with Crippen molar-refractivity contribution >= 4 is 15.9 Å². The molecule has 86 valence electrons. The second kappa shape index (κ2) is 4.20. The van der Waals surface area contributed by atoms with Gasteiger partial charge in [0.25, 0.3) is 0 Å². The molecule has 2 heterocycles. The summed E-state index contributed by atoms with van der Waals surface area (Å²) in [4.78, 5) is 9.02. The van der Waals surface area contributed by atoms with Crippen LogP contribution in [-0.4, -0.2) is 9.97 Å². The van der Waals surface area contributed by atoms with E-state index in [2.05, 4.69) is 56.3 Å². The van der Waals surface area contributed by atoms with Crippen LogP contribution in [0, 0.1) is 6.92 Å². The lowest BCUT2D eigenvalue weighted by Gasteiger charge is -2.04. The number of halogens is 1. The van der Waals surface area contributed by atoms with Crippen molar-refractivity contribution in [2.24, 2.45) is 0 Å². The highest BCUT2D eigenvalue weighted by atomic mass is 79.9. The van der Waals surface area contributed by atoms with Crippen LogP contribution in [0.2, 0.25) is 0 Å². The van der Waals surface area contributed by atoms with Gasteiger partial charge in [-0.3, -0.25) is 0 Å². The normalized spacial score (nSPS) is 13.8. The van der Waals surface area contributed by atoms with Crippen molar-refractivity contribution in [2.45, 2.75) is 20.0 Å². The first-order chi connectivity index (χ1) is 8.24. The second-order valence-electron chi connectivity index (χ2n) is 4.23. The first kappa shape index (κ1) is 10.9. The first-order valence-corrected chi connectivity index (χ1v) is 6.35. The predicted octanol–water partition coefficient (Wildman–Crippen LogP) is 2.82. The molecule has 17 heavy (non-hydrogen) atoms. The van der Waals surface area contributed by atoms with Crippen LogP contribution < -0.4 is 5.32 Å². The fraction of sp³-hybridized carbons (Fsp3) is 0.231. The number of aromatic nitrogens is 2. The molecule has 1 aliphatic heterocycles. The summed E-state index contributed by atoms with van der Waals surface area (Å²) in [6.07, 6.45) is 1.92. The summed E-state index contributed by atoms with van der Waals surface area (Å²) < 4.78 is 1.09. The van der Waals surface area contributed by atoms with Gasteiger partial charge in [0.1, 0.15) is 0 Å². The highest BCUT2D eigenvalue weighted by Gasteiger charge is 2.13. The van der Waals surface area contributed by atoms with Crippen LogP contribution in [0.25, 0.3) is 11.4 Å². The first-order valence-electron chi connectivity index (χ1n) is 5.56. The Labute approximate surface area is 108 Å². The number of fused-ring (bicyclic) bond motifs is 1. The van der Waals surface area contributed by atoms with E-state index in [0.29, 0.717) is 0 Å². The molecule has 4 heteroatoms. The van der Waals surface area contributed by atoms with Gasteiger partial charge in [-0.05, 0) is 18.6 Å². The van der Waals surface area contributed by atoms with Gasteiger partial charge in [0.15, 0.2) is 5.82 Å². The molecule has 3 rings (SSSR count). The number of nitrogens with zero attached hydrogens (tertiary/aromatic N) is 2. The second-order valence-corrected chi connectivity index (χ2v) is 5.09. The number of hydrogen-bond acceptors (Lipinski definition) is 3. The Morgan fingerprint density at radius 1 is 1.29 bits per heavy atom. The zero-order valence-corrected chi connectivity index (χ0v) is 11.1. The van der Waals surface area contributed by atoms with Crippen molar-refractivity contribution in [2.75, 3.05) is 0 Å². The Kier molecular flexibility index (Phi) is 2.68. The Bertz CT molecular complexity index is 581. The lowest BCUT2D eigenvalue weighted by atomic mass is 10.1. The largest absolute Gasteiger partial charge is 0.307 e. The molecule has 0 aliphatic carbocycles. The van der Waals surface area contributed by atoms with Crippen molar-refractivity contribution in [3.05, 3.63) is 45.7 Å². The van der Waals surface area contributed by atoms with Crippen molar-refractivity contribution < 1.29 is 0 Å². The van der Waals surface area contributed by atoms with Crippen molar-refractivity contribution in [3.8, 4) is 11.4 Å². The Hall–Kier alpha value is -1.26. The van der Waals surface area contributed by atoms with E-state index in [1.807, 2.05) is 6.20 Å². The van der Waals surface area contributed by atoms with Gasteiger partial charge in [0, 0.05) is 34.9 Å². The highest BCUT2D eigenvalue weighted by Crippen LogP contribution is 2.24. The summed E-state index contributed by atoms with van der Waals surface area (Å²) >= 11 is 3.54. The molecular weight excluding hydrogens is 278 g/mol. The fourth-order valence-corrected chi connectivity index (χ4v) is 2.31. The van der Waals surface area contributed by atoms with E-state index >= 15 is 0 Å². The van der Waals surface area contributed by atoms with Crippen LogP contribution in [0.3, 0.4) is 0 Å². The molecular formula is C13H12BrN3. The molecule has 0 amide bonds. The average molecular weight is 290 g/mol. The maximum atomic E-state index is 4.60. The van der Waals surface area contributed by atoms with Gasteiger partial charge in [-0.15, -0.1) is 0 Å². The zero-order chi connectivity index (χ0) is 11.8. The van der Waals surface area contributed by atoms with Crippen molar-refractivity contribution in [1.82, 2.24) is 15.3 Å². The topological polar surface area (TPSA) is 37.8 Å². The van der Waals surface area contributed by atoms with Crippen LogP contribution in [0.4, 0.5) is 0 Å². The van der Waals surface area contributed by atoms with Crippen LogP contribution in [0.15, 0.2) is 28.9 Å². The molecule has 1 aliphatic rings. The average Bonchev–Trinajstić information content (AvgIpc) is 2.79. The van der Waals surface area contributed by atoms with Gasteiger partial charge in [-0.25, -0.2) is 9.97 Å². The lowest BCUT2D eigenvalue weighted by molar-refractivity contribution is 0.758. The SMILES string of the molecule is Cc1ccc(-c2ncc3c(n2)CNC3)cc1Br. The monoisotopic (exact) mass is 289 g/mol. The molecule has 0 unspecified atom stereocenters. The smallest absolute Gasteiger partial charge is 0.159 e. The minimum absolute atomic E-state index is 0.799. The van der Waals surface area contributed by atoms with E-state index in [1.54, 1.807) is 0 Å². The van der Waals surface area contributed by atoms with Gasteiger partial charge in [-0.1, -0.05) is 28.1 Å². The fourth-order valence-electron chi connectivity index (χ4n) is 1.93. The third-order valence-corrected chi connectivity index (χ3v) is 3.85. The van der Waals surface area contributed by atoms with E-state index in [4.69, 9.17) is 0 Å². The summed E-state index contributed by atoms with van der Waals surface area (Å²) in [6, 6.07) is 6.21. The van der Waals surface area contributed by atoms with Crippen molar-refractivity contribution in [3.63, 3.8) is 0 Å². The maximum absolute atomic E-state index is 4.60. The summed E-state index contributed by atoms with van der Waals surface area (Å²) in [5, 5.41) is 3.28. The molecule has 0 saturated heterocycles. The third-order valence-electron chi connectivity index (χ3n) is 2.99. The van der Waals surface area contributed by atoms with E-state index in [0.717, 1.165) is 34.6 Å². The van der Waals surface area contributed by atoms with E-state index in [1.165, 1.54) is 11.1 Å². The molecule has 0 radical (unpaired) electrons. The number of nitrogens with one attached hydrogen (secondary N) is 1. The maximum Gasteiger partial charge on any atom is 0.159 e. The Morgan fingerprint density at radius 2 is 2.18 bits per heavy atom. The summed E-state index contributed by atoms with van der Waals surface area (Å²) in [6.45, 7) is 3.80. The predicted molar refractivity (Wildman–Crippen MR) is 70.4 cm³/mol. The van der Waals surface area contributed by atoms with Gasteiger partial charge in [0.2, 0.25) is 0 Å². The van der Waals surface area contributed by atoms with Crippen LogP contribution in [-0.2, 0) is 13.1 Å². The number of aryl methyl sites for hydroxylation is 1. The molecule has 1 aromatic carbocycles. The molecule has 2 aromatic rings. The number of rotatable bonds is 1. The number of benzene rings is 1. The van der Waals surface area contributed by atoms with Crippen molar-refractivity contribution in [1.29, 1.82) is 0 Å². The summed E-state index contributed by atoms with van der Waals surface area (Å²) in [7, 11) is 0. The molecule has 0 saturated carbocycles. The van der Waals surface area contributed by atoms with Gasteiger partial charge < -0.3 is 5.32 Å². The van der Waals surface area contributed by atoms with Gasteiger partial charge in [-0.2, -0.15) is 0 Å². The quantitative estimate of drug-likeness (QED) is 0.877. The van der Waals surface area contributed by atoms with Crippen LogP contribution in [0.1, 0.15) is 16.8 Å².